The lowest BCUT2D eigenvalue weighted by molar-refractivity contribution is 0.0928. The van der Waals surface area contributed by atoms with Crippen molar-refractivity contribution in [2.24, 2.45) is 17.8 Å². The number of aryl methyl sites for hydroxylation is 1. The Morgan fingerprint density at radius 3 is 2.53 bits per heavy atom. The second-order valence-corrected chi connectivity index (χ2v) is 10.0. The van der Waals surface area contributed by atoms with E-state index in [2.05, 4.69) is 36.3 Å². The third-order valence-corrected chi connectivity index (χ3v) is 7.94. The number of halogens is 2. The normalized spacial score (nSPS) is 24.0. The minimum Gasteiger partial charge on any atom is -0.367 e. The zero-order valence-electron chi connectivity index (χ0n) is 19.4. The number of aromatic nitrogens is 3. The molecule has 4 nitrogen and oxygen atoms in total. The van der Waals surface area contributed by atoms with Gasteiger partial charge in [-0.1, -0.05) is 30.7 Å². The molecule has 3 saturated carbocycles. The Labute approximate surface area is 197 Å². The average Bonchev–Trinajstić information content (AvgIpc) is 3.26. The maximum Gasteiger partial charge on any atom is 0.164 e. The van der Waals surface area contributed by atoms with E-state index in [4.69, 9.17) is 9.97 Å². The molecule has 34 heavy (non-hydrogen) atoms. The molecule has 2 N–H and O–H groups in total. The molecule has 2 aromatic heterocycles. The minimum atomic E-state index is -0.624. The van der Waals surface area contributed by atoms with Crippen molar-refractivity contribution in [1.82, 2.24) is 15.0 Å². The van der Waals surface area contributed by atoms with Gasteiger partial charge in [0.05, 0.1) is 11.2 Å². The quantitative estimate of drug-likeness (QED) is 0.342. The van der Waals surface area contributed by atoms with Crippen molar-refractivity contribution in [3.63, 3.8) is 0 Å². The van der Waals surface area contributed by atoms with E-state index in [9.17, 15) is 8.78 Å². The van der Waals surface area contributed by atoms with Crippen LogP contribution in [0.15, 0.2) is 48.7 Å². The summed E-state index contributed by atoms with van der Waals surface area (Å²) in [5, 5.41) is 4.19. The largest absolute Gasteiger partial charge is 0.367 e. The third kappa shape index (κ3) is 3.65. The standard InChI is InChI=1S/C28H28F2N4/c1-15-4-3-5-19(10-15)24-13-25(33-26-16(2)17-6-8-18(26)9-7-17)34-28(32-24)22-14-31-27-21(22)11-20(29)12-23(27)30/h3-5,10-14,16-18,26,31H,6-9H2,1-2H3,(H,32,33,34). The summed E-state index contributed by atoms with van der Waals surface area (Å²) in [4.78, 5) is 12.6. The minimum absolute atomic E-state index is 0.258. The van der Waals surface area contributed by atoms with Gasteiger partial charge in [-0.2, -0.15) is 0 Å². The summed E-state index contributed by atoms with van der Waals surface area (Å²) in [6, 6.07) is 12.8. The van der Waals surface area contributed by atoms with Gasteiger partial charge >= 0.3 is 0 Å². The van der Waals surface area contributed by atoms with Gasteiger partial charge in [-0.15, -0.1) is 0 Å². The number of nitrogens with one attached hydrogen (secondary N) is 2. The summed E-state index contributed by atoms with van der Waals surface area (Å²) in [5.41, 5.74) is 3.76. The summed E-state index contributed by atoms with van der Waals surface area (Å²) >= 11 is 0. The van der Waals surface area contributed by atoms with Gasteiger partial charge in [0, 0.05) is 40.9 Å². The smallest absolute Gasteiger partial charge is 0.164 e. The second-order valence-electron chi connectivity index (χ2n) is 10.0. The zero-order valence-corrected chi connectivity index (χ0v) is 19.4. The maximum atomic E-state index is 14.4. The van der Waals surface area contributed by atoms with Gasteiger partial charge in [-0.3, -0.25) is 0 Å². The van der Waals surface area contributed by atoms with Crippen molar-refractivity contribution in [1.29, 1.82) is 0 Å². The van der Waals surface area contributed by atoms with Crippen LogP contribution in [0.5, 0.6) is 0 Å². The molecule has 3 aliphatic carbocycles. The molecule has 2 atom stereocenters. The van der Waals surface area contributed by atoms with Gasteiger partial charge in [0.25, 0.3) is 0 Å². The zero-order chi connectivity index (χ0) is 23.4. The molecule has 2 aromatic carbocycles. The molecule has 0 saturated heterocycles. The fraction of sp³-hybridized carbons (Fsp3) is 0.357. The Morgan fingerprint density at radius 2 is 1.76 bits per heavy atom. The first kappa shape index (κ1) is 21.3. The Kier molecular flexibility index (Phi) is 5.12. The highest BCUT2D eigenvalue weighted by Crippen LogP contribution is 2.46. The molecule has 4 aromatic rings. The molecule has 3 fully saturated rings. The number of hydrogen-bond donors (Lipinski definition) is 2. The number of hydrogen-bond acceptors (Lipinski definition) is 3. The molecule has 7 rings (SSSR count). The van der Waals surface area contributed by atoms with E-state index in [-0.39, 0.29) is 5.52 Å². The molecule has 0 amide bonds. The van der Waals surface area contributed by atoms with Crippen LogP contribution >= 0.6 is 0 Å². The van der Waals surface area contributed by atoms with Crippen molar-refractivity contribution in [3.05, 3.63) is 65.9 Å². The molecule has 174 valence electrons. The van der Waals surface area contributed by atoms with Gasteiger partial charge < -0.3 is 10.3 Å². The molecule has 3 aliphatic rings. The van der Waals surface area contributed by atoms with Crippen LogP contribution in [0.2, 0.25) is 0 Å². The number of anilines is 1. The summed E-state index contributed by atoms with van der Waals surface area (Å²) in [7, 11) is 0. The number of H-pyrrole nitrogens is 1. The maximum absolute atomic E-state index is 14.4. The van der Waals surface area contributed by atoms with E-state index in [0.29, 0.717) is 34.7 Å². The van der Waals surface area contributed by atoms with Gasteiger partial charge in [-0.05, 0) is 62.5 Å². The Hall–Kier alpha value is -3.28. The van der Waals surface area contributed by atoms with Crippen molar-refractivity contribution < 1.29 is 8.78 Å². The Balaban J connectivity index is 1.47. The number of fused-ring (bicyclic) bond motifs is 4. The van der Waals surface area contributed by atoms with Crippen LogP contribution in [0.1, 0.15) is 38.2 Å². The van der Waals surface area contributed by atoms with Crippen LogP contribution in [-0.2, 0) is 0 Å². The second kappa shape index (κ2) is 8.19. The number of benzene rings is 2. The van der Waals surface area contributed by atoms with Crippen molar-refractivity contribution in [2.75, 3.05) is 5.32 Å². The average molecular weight is 459 g/mol. The van der Waals surface area contributed by atoms with Gasteiger partial charge in [-0.25, -0.2) is 18.7 Å². The first-order valence-corrected chi connectivity index (χ1v) is 12.2. The fourth-order valence-corrected chi connectivity index (χ4v) is 6.11. The number of aromatic amines is 1. The summed E-state index contributed by atoms with van der Waals surface area (Å²) in [5.74, 6) is 1.97. The van der Waals surface area contributed by atoms with E-state index < -0.39 is 11.6 Å². The van der Waals surface area contributed by atoms with Gasteiger partial charge in [0.2, 0.25) is 0 Å². The topological polar surface area (TPSA) is 53.6 Å². The van der Waals surface area contributed by atoms with E-state index in [1.165, 1.54) is 31.7 Å². The first-order chi connectivity index (χ1) is 16.5. The van der Waals surface area contributed by atoms with E-state index in [1.54, 1.807) is 6.20 Å². The van der Waals surface area contributed by atoms with Crippen LogP contribution < -0.4 is 5.32 Å². The molecule has 6 heteroatoms. The fourth-order valence-electron chi connectivity index (χ4n) is 6.11. The highest BCUT2D eigenvalue weighted by Gasteiger charge is 2.41. The highest BCUT2D eigenvalue weighted by molar-refractivity contribution is 5.94. The van der Waals surface area contributed by atoms with E-state index in [0.717, 1.165) is 34.6 Å². The summed E-state index contributed by atoms with van der Waals surface area (Å²) in [6.07, 6.45) is 6.82. The Morgan fingerprint density at radius 1 is 0.971 bits per heavy atom. The van der Waals surface area contributed by atoms with Crippen LogP contribution in [0.4, 0.5) is 14.6 Å². The molecule has 2 unspecified atom stereocenters. The molecular weight excluding hydrogens is 430 g/mol. The third-order valence-electron chi connectivity index (χ3n) is 7.94. The lowest BCUT2D eigenvalue weighted by Gasteiger charge is -2.47. The highest BCUT2D eigenvalue weighted by atomic mass is 19.1. The first-order valence-electron chi connectivity index (χ1n) is 12.2. The van der Waals surface area contributed by atoms with Crippen LogP contribution in [0, 0.1) is 36.3 Å². The predicted molar refractivity (Wildman–Crippen MR) is 131 cm³/mol. The number of rotatable bonds is 4. The van der Waals surface area contributed by atoms with Crippen molar-refractivity contribution >= 4 is 16.7 Å². The van der Waals surface area contributed by atoms with E-state index in [1.807, 2.05) is 18.2 Å². The Bertz CT molecular complexity index is 1370. The lowest BCUT2D eigenvalue weighted by Crippen LogP contribution is -2.47. The summed E-state index contributed by atoms with van der Waals surface area (Å²) in [6.45, 7) is 4.40. The van der Waals surface area contributed by atoms with Gasteiger partial charge in [0.15, 0.2) is 5.82 Å². The molecule has 0 radical (unpaired) electrons. The summed E-state index contributed by atoms with van der Waals surface area (Å²) < 4.78 is 28.4. The van der Waals surface area contributed by atoms with Crippen molar-refractivity contribution in [3.8, 4) is 22.6 Å². The monoisotopic (exact) mass is 458 g/mol. The molecule has 0 aliphatic heterocycles. The van der Waals surface area contributed by atoms with Crippen LogP contribution in [0.25, 0.3) is 33.5 Å². The molecule has 0 spiro atoms. The van der Waals surface area contributed by atoms with Crippen molar-refractivity contribution in [2.45, 2.75) is 45.6 Å². The molecule has 2 bridgehead atoms. The lowest BCUT2D eigenvalue weighted by atomic mass is 9.62. The molecule has 2 heterocycles. The van der Waals surface area contributed by atoms with Crippen LogP contribution in [0.3, 0.4) is 0 Å². The number of nitrogens with zero attached hydrogens (tertiary/aromatic N) is 2. The SMILES string of the molecule is Cc1cccc(-c2cc(NC3C4CCC(CC4)C3C)nc(-c3c[nH]c4c(F)cc(F)cc34)n2)c1. The van der Waals surface area contributed by atoms with Crippen LogP contribution in [-0.4, -0.2) is 21.0 Å². The molecular formula is C28H28F2N4. The van der Waals surface area contributed by atoms with Gasteiger partial charge in [0.1, 0.15) is 17.5 Å². The van der Waals surface area contributed by atoms with E-state index >= 15 is 0 Å². The predicted octanol–water partition coefficient (Wildman–Crippen LogP) is 7.12.